The molecular weight excluding hydrogens is 558 g/mol. The highest BCUT2D eigenvalue weighted by Gasteiger charge is 2.11. The van der Waals surface area contributed by atoms with E-state index in [-0.39, 0.29) is 19.2 Å². The van der Waals surface area contributed by atoms with Gasteiger partial charge in [-0.15, -0.1) is 0 Å². The molecule has 0 saturated carbocycles. The molecule has 45 heavy (non-hydrogen) atoms. The summed E-state index contributed by atoms with van der Waals surface area (Å²) >= 11 is 0. The predicted octanol–water partition coefficient (Wildman–Crippen LogP) is 12.3. The van der Waals surface area contributed by atoms with Gasteiger partial charge in [-0.3, -0.25) is 4.79 Å². The highest BCUT2D eigenvalue weighted by atomic mass is 16.8. The molecule has 4 nitrogen and oxygen atoms in total. The van der Waals surface area contributed by atoms with Crippen LogP contribution in [0.3, 0.4) is 0 Å². The van der Waals surface area contributed by atoms with Gasteiger partial charge in [-0.25, -0.2) is 0 Å². The first-order chi connectivity index (χ1) is 22.2. The van der Waals surface area contributed by atoms with Gasteiger partial charge in [0.25, 0.3) is 0 Å². The van der Waals surface area contributed by atoms with Crippen LogP contribution in [0.25, 0.3) is 0 Å². The normalized spacial score (nSPS) is 12.9. The van der Waals surface area contributed by atoms with Gasteiger partial charge in [0.2, 0.25) is 0 Å². The first-order valence-electron chi connectivity index (χ1n) is 19.2. The van der Waals surface area contributed by atoms with E-state index in [1.807, 2.05) is 0 Å². The van der Waals surface area contributed by atoms with Crippen molar-refractivity contribution in [1.82, 2.24) is 0 Å². The minimum absolute atomic E-state index is 0.122. The fourth-order valence-electron chi connectivity index (χ4n) is 5.23. The molecule has 0 aliphatic carbocycles. The summed E-state index contributed by atoms with van der Waals surface area (Å²) in [5.74, 6) is -0.174. The lowest BCUT2D eigenvalue weighted by molar-refractivity contribution is -0.149. The maximum atomic E-state index is 12.1. The fourth-order valence-corrected chi connectivity index (χ4v) is 5.23. The molecule has 0 amide bonds. The van der Waals surface area contributed by atoms with Crippen molar-refractivity contribution in [1.29, 1.82) is 0 Å². The maximum Gasteiger partial charge on any atom is 0.305 e. The van der Waals surface area contributed by atoms with Crippen molar-refractivity contribution < 1.29 is 19.4 Å². The van der Waals surface area contributed by atoms with Crippen LogP contribution in [-0.2, 0) is 14.3 Å². The molecular formula is C41H74O4. The fraction of sp³-hybridized carbons (Fsp3) is 0.780. The Morgan fingerprint density at radius 2 is 0.933 bits per heavy atom. The van der Waals surface area contributed by atoms with Gasteiger partial charge >= 0.3 is 5.97 Å². The van der Waals surface area contributed by atoms with Crippen molar-refractivity contribution in [2.75, 3.05) is 19.8 Å². The van der Waals surface area contributed by atoms with Crippen LogP contribution >= 0.6 is 0 Å². The number of hydrogen-bond donors (Lipinski definition) is 1. The van der Waals surface area contributed by atoms with E-state index in [4.69, 9.17) is 9.47 Å². The van der Waals surface area contributed by atoms with Gasteiger partial charge in [-0.2, -0.15) is 0 Å². The van der Waals surface area contributed by atoms with Gasteiger partial charge in [-0.1, -0.05) is 165 Å². The number of carbonyl (C=O) groups is 1. The smallest absolute Gasteiger partial charge is 0.305 e. The van der Waals surface area contributed by atoms with E-state index in [1.165, 1.54) is 109 Å². The Bertz CT molecular complexity index is 708. The first kappa shape index (κ1) is 43.4. The van der Waals surface area contributed by atoms with Gasteiger partial charge in [0.05, 0.1) is 6.61 Å². The molecule has 0 aliphatic heterocycles. The van der Waals surface area contributed by atoms with Crippen molar-refractivity contribution in [3.05, 3.63) is 48.6 Å². The van der Waals surface area contributed by atoms with Crippen LogP contribution in [0.2, 0.25) is 0 Å². The second-order valence-corrected chi connectivity index (χ2v) is 12.6. The summed E-state index contributed by atoms with van der Waals surface area (Å²) in [5, 5.41) is 9.57. The van der Waals surface area contributed by atoms with Crippen molar-refractivity contribution in [2.45, 2.75) is 187 Å². The highest BCUT2D eigenvalue weighted by molar-refractivity contribution is 5.69. The number of hydrogen-bond acceptors (Lipinski definition) is 4. The molecule has 0 heterocycles. The van der Waals surface area contributed by atoms with Crippen molar-refractivity contribution >= 4 is 5.97 Å². The Balaban J connectivity index is 3.53. The lowest BCUT2D eigenvalue weighted by Gasteiger charge is -2.15. The molecule has 1 atom stereocenters. The number of esters is 1. The molecule has 0 aromatic rings. The SMILES string of the molecule is CCCCC/C=C\C/C=C\C/C=C\C/C=C\CCCCO[C@@H](CO)CO[14C](=O)CCCCCCCCCCCCCCCCC. The van der Waals surface area contributed by atoms with Gasteiger partial charge in [0.15, 0.2) is 0 Å². The minimum atomic E-state index is -0.424. The molecule has 0 rings (SSSR count). The molecule has 0 fully saturated rings. The van der Waals surface area contributed by atoms with Crippen LogP contribution in [-0.4, -0.2) is 37.0 Å². The molecule has 0 aliphatic rings. The second kappa shape index (κ2) is 38.5. The van der Waals surface area contributed by atoms with E-state index in [2.05, 4.69) is 62.5 Å². The standard InChI is InChI=1S/C41H74O4/c1-3-5-7-9-11-13-15-17-19-20-21-23-25-27-29-31-33-35-37-44-40(38-42)39-45-41(43)36-34-32-30-28-26-24-22-18-16-14-12-10-8-6-4-2/h11,13,17,19,21,23,27,29,40,42H,3-10,12,14-16,18,20,22,24-26,28,30-39H2,1-2H3/b13-11-,19-17-,23-21-,29-27-/t40-/m0/s1/i41+2. The maximum absolute atomic E-state index is 12.1. The average Bonchev–Trinajstić information content (AvgIpc) is 3.05. The van der Waals surface area contributed by atoms with Gasteiger partial charge < -0.3 is 14.6 Å². The lowest BCUT2D eigenvalue weighted by atomic mass is 10.0. The third kappa shape index (κ3) is 36.7. The lowest BCUT2D eigenvalue weighted by Crippen LogP contribution is -2.26. The Hall–Kier alpha value is -1.65. The second-order valence-electron chi connectivity index (χ2n) is 12.6. The van der Waals surface area contributed by atoms with Gasteiger partial charge in [-0.05, 0) is 57.8 Å². The molecule has 0 radical (unpaired) electrons. The minimum Gasteiger partial charge on any atom is -0.463 e. The molecule has 1 N–H and O–H groups in total. The number of unbranched alkanes of at least 4 members (excludes halogenated alkanes) is 19. The van der Waals surface area contributed by atoms with Crippen LogP contribution in [0.15, 0.2) is 48.6 Å². The summed E-state index contributed by atoms with van der Waals surface area (Å²) in [5.41, 5.74) is 0. The first-order valence-corrected chi connectivity index (χ1v) is 19.2. The monoisotopic (exact) mass is 633 g/mol. The number of allylic oxidation sites excluding steroid dienone is 8. The van der Waals surface area contributed by atoms with Crippen LogP contribution < -0.4 is 0 Å². The summed E-state index contributed by atoms with van der Waals surface area (Å²) < 4.78 is 11.1. The summed E-state index contributed by atoms with van der Waals surface area (Å²) in [6, 6.07) is 0. The molecule has 0 spiro atoms. The van der Waals surface area contributed by atoms with E-state index < -0.39 is 6.10 Å². The zero-order valence-electron chi connectivity index (χ0n) is 29.9. The largest absolute Gasteiger partial charge is 0.463 e. The third-order valence-corrected chi connectivity index (χ3v) is 8.19. The summed E-state index contributed by atoms with van der Waals surface area (Å²) in [6.45, 7) is 5.12. The van der Waals surface area contributed by atoms with Crippen molar-refractivity contribution in [3.8, 4) is 0 Å². The van der Waals surface area contributed by atoms with Crippen LogP contribution in [0.4, 0.5) is 0 Å². The Morgan fingerprint density at radius 3 is 1.40 bits per heavy atom. The van der Waals surface area contributed by atoms with Crippen molar-refractivity contribution in [3.63, 3.8) is 0 Å². The van der Waals surface area contributed by atoms with Crippen LogP contribution in [0.1, 0.15) is 181 Å². The van der Waals surface area contributed by atoms with E-state index in [9.17, 15) is 9.90 Å². The number of carbonyl (C=O) groups excluding carboxylic acids is 1. The summed E-state index contributed by atoms with van der Waals surface area (Å²) in [6.07, 6.45) is 48.8. The summed E-state index contributed by atoms with van der Waals surface area (Å²) in [7, 11) is 0. The van der Waals surface area contributed by atoms with Gasteiger partial charge in [0, 0.05) is 13.0 Å². The zero-order valence-corrected chi connectivity index (χ0v) is 29.9. The van der Waals surface area contributed by atoms with Crippen molar-refractivity contribution in [2.24, 2.45) is 0 Å². The molecule has 0 saturated heterocycles. The third-order valence-electron chi connectivity index (χ3n) is 8.19. The zero-order chi connectivity index (χ0) is 32.7. The van der Waals surface area contributed by atoms with E-state index in [0.717, 1.165) is 51.4 Å². The average molecular weight is 633 g/mol. The molecule has 0 aromatic carbocycles. The number of ether oxygens (including phenoxy) is 2. The number of aliphatic hydroxyl groups is 1. The van der Waals surface area contributed by atoms with E-state index in [0.29, 0.717) is 13.0 Å². The number of aliphatic hydroxyl groups excluding tert-OH is 1. The molecule has 0 aromatic heterocycles. The molecule has 262 valence electrons. The van der Waals surface area contributed by atoms with E-state index >= 15 is 0 Å². The Kier molecular flexibility index (Phi) is 37.1. The van der Waals surface area contributed by atoms with E-state index in [1.54, 1.807) is 0 Å². The van der Waals surface area contributed by atoms with Gasteiger partial charge in [0.1, 0.15) is 12.7 Å². The molecule has 4 heteroatoms. The number of rotatable bonds is 35. The van der Waals surface area contributed by atoms with Crippen LogP contribution in [0, 0.1) is 0 Å². The predicted molar refractivity (Wildman–Crippen MR) is 196 cm³/mol. The summed E-state index contributed by atoms with van der Waals surface area (Å²) in [4.78, 5) is 12.1. The topological polar surface area (TPSA) is 55.8 Å². The quantitative estimate of drug-likeness (QED) is 0.0429. The highest BCUT2D eigenvalue weighted by Crippen LogP contribution is 2.14. The molecule has 0 bridgehead atoms. The Morgan fingerprint density at radius 1 is 0.533 bits per heavy atom. The van der Waals surface area contributed by atoms with Crippen LogP contribution in [0.5, 0.6) is 0 Å². The molecule has 0 unspecified atom stereocenters. The Labute approximate surface area is 280 Å².